The molecule has 0 fully saturated rings. The van der Waals surface area contributed by atoms with E-state index in [-0.39, 0.29) is 19.0 Å². The number of ether oxygens (including phenoxy) is 2. The van der Waals surface area contributed by atoms with Crippen molar-refractivity contribution >= 4 is 5.96 Å². The molecule has 28 heavy (non-hydrogen) atoms. The first-order valence-corrected chi connectivity index (χ1v) is 9.21. The van der Waals surface area contributed by atoms with Crippen molar-refractivity contribution in [1.82, 2.24) is 10.2 Å². The number of hydrogen-bond donors (Lipinski definition) is 2. The van der Waals surface area contributed by atoms with Crippen LogP contribution in [0.5, 0.6) is 11.5 Å². The van der Waals surface area contributed by atoms with Crippen LogP contribution in [0.4, 0.5) is 4.39 Å². The highest BCUT2D eigenvalue weighted by molar-refractivity contribution is 5.79. The summed E-state index contributed by atoms with van der Waals surface area (Å²) in [4.78, 5) is 6.46. The number of nitrogens with one attached hydrogen (secondary N) is 1. The molecule has 152 valence electrons. The number of guanidine groups is 1. The lowest BCUT2D eigenvalue weighted by Crippen LogP contribution is -2.39. The molecule has 0 saturated heterocycles. The number of para-hydroxylation sites is 1. The minimum absolute atomic E-state index is 0.0742. The van der Waals surface area contributed by atoms with Gasteiger partial charge in [-0.15, -0.1) is 0 Å². The van der Waals surface area contributed by atoms with Gasteiger partial charge in [-0.1, -0.05) is 18.2 Å². The highest BCUT2D eigenvalue weighted by atomic mass is 19.1. The molecule has 0 bridgehead atoms. The molecule has 6 nitrogen and oxygen atoms in total. The van der Waals surface area contributed by atoms with Crippen molar-refractivity contribution in [2.75, 3.05) is 33.9 Å². The number of rotatable bonds is 9. The number of aliphatic hydroxyl groups excluding tert-OH is 1. The van der Waals surface area contributed by atoms with Crippen molar-refractivity contribution in [2.45, 2.75) is 19.6 Å². The van der Waals surface area contributed by atoms with Gasteiger partial charge in [-0.3, -0.25) is 4.99 Å². The lowest BCUT2D eigenvalue weighted by atomic mass is 10.2. The van der Waals surface area contributed by atoms with E-state index in [1.807, 2.05) is 43.1 Å². The Morgan fingerprint density at radius 2 is 1.93 bits per heavy atom. The molecule has 0 radical (unpaired) electrons. The van der Waals surface area contributed by atoms with Crippen molar-refractivity contribution in [2.24, 2.45) is 4.99 Å². The van der Waals surface area contributed by atoms with Gasteiger partial charge in [0.15, 0.2) is 5.96 Å². The SMILES string of the molecule is CCNC(=NCC(O)COc1ccc(F)cc1)N(C)Cc1ccccc1OC. The summed E-state index contributed by atoms with van der Waals surface area (Å²) < 4.78 is 23.8. The average Bonchev–Trinajstić information content (AvgIpc) is 2.71. The highest BCUT2D eigenvalue weighted by Crippen LogP contribution is 2.18. The summed E-state index contributed by atoms with van der Waals surface area (Å²) >= 11 is 0. The fourth-order valence-electron chi connectivity index (χ4n) is 2.60. The molecule has 1 atom stereocenters. The lowest BCUT2D eigenvalue weighted by Gasteiger charge is -2.23. The van der Waals surface area contributed by atoms with E-state index in [4.69, 9.17) is 9.47 Å². The van der Waals surface area contributed by atoms with Crippen molar-refractivity contribution < 1.29 is 19.0 Å². The molecule has 2 rings (SSSR count). The predicted octanol–water partition coefficient (Wildman–Crippen LogP) is 2.67. The van der Waals surface area contributed by atoms with Crippen molar-refractivity contribution in [3.05, 3.63) is 59.9 Å². The Labute approximate surface area is 165 Å². The number of halogens is 1. The van der Waals surface area contributed by atoms with Gasteiger partial charge in [-0.05, 0) is 37.3 Å². The number of methoxy groups -OCH3 is 1. The summed E-state index contributed by atoms with van der Waals surface area (Å²) in [6, 6.07) is 13.5. The second-order valence-electron chi connectivity index (χ2n) is 6.28. The Morgan fingerprint density at radius 1 is 1.21 bits per heavy atom. The molecular formula is C21H28FN3O3. The Balaban J connectivity index is 1.93. The van der Waals surface area contributed by atoms with E-state index in [1.54, 1.807) is 7.11 Å². The zero-order chi connectivity index (χ0) is 20.4. The molecule has 2 aromatic rings. The summed E-state index contributed by atoms with van der Waals surface area (Å²) in [5.41, 5.74) is 1.04. The van der Waals surface area contributed by atoms with Gasteiger partial charge in [-0.2, -0.15) is 0 Å². The van der Waals surface area contributed by atoms with Crippen LogP contribution in [0.2, 0.25) is 0 Å². The normalized spacial score (nSPS) is 12.4. The quantitative estimate of drug-likeness (QED) is 0.510. The third kappa shape index (κ3) is 6.74. The van der Waals surface area contributed by atoms with E-state index in [2.05, 4.69) is 10.3 Å². The van der Waals surface area contributed by atoms with Gasteiger partial charge < -0.3 is 24.8 Å². The molecule has 0 amide bonds. The third-order valence-corrected chi connectivity index (χ3v) is 4.00. The number of aliphatic imine (C=N–C) groups is 1. The van der Waals surface area contributed by atoms with Gasteiger partial charge in [0.25, 0.3) is 0 Å². The number of nitrogens with zero attached hydrogens (tertiary/aromatic N) is 2. The van der Waals surface area contributed by atoms with Gasteiger partial charge in [-0.25, -0.2) is 4.39 Å². The molecule has 0 aliphatic rings. The molecule has 2 N–H and O–H groups in total. The zero-order valence-electron chi connectivity index (χ0n) is 16.6. The summed E-state index contributed by atoms with van der Waals surface area (Å²) in [5.74, 6) is 1.67. The maximum absolute atomic E-state index is 12.9. The predicted molar refractivity (Wildman–Crippen MR) is 108 cm³/mol. The first-order valence-electron chi connectivity index (χ1n) is 9.21. The minimum atomic E-state index is -0.779. The number of benzene rings is 2. The van der Waals surface area contributed by atoms with Crippen LogP contribution in [-0.4, -0.2) is 55.9 Å². The summed E-state index contributed by atoms with van der Waals surface area (Å²) in [7, 11) is 3.57. The Morgan fingerprint density at radius 3 is 2.61 bits per heavy atom. The molecular weight excluding hydrogens is 361 g/mol. The Bertz CT molecular complexity index is 753. The number of hydrogen-bond acceptors (Lipinski definition) is 4. The van der Waals surface area contributed by atoms with E-state index >= 15 is 0 Å². The molecule has 1 unspecified atom stereocenters. The largest absolute Gasteiger partial charge is 0.496 e. The van der Waals surface area contributed by atoms with Crippen LogP contribution in [0.1, 0.15) is 12.5 Å². The fraction of sp³-hybridized carbons (Fsp3) is 0.381. The maximum atomic E-state index is 12.9. The van der Waals surface area contributed by atoms with Crippen LogP contribution >= 0.6 is 0 Å². The maximum Gasteiger partial charge on any atom is 0.194 e. The van der Waals surface area contributed by atoms with E-state index in [0.29, 0.717) is 24.8 Å². The van der Waals surface area contributed by atoms with E-state index in [9.17, 15) is 9.50 Å². The van der Waals surface area contributed by atoms with Gasteiger partial charge >= 0.3 is 0 Å². The molecule has 0 spiro atoms. The Hall–Kier alpha value is -2.80. The van der Waals surface area contributed by atoms with E-state index < -0.39 is 6.10 Å². The van der Waals surface area contributed by atoms with Gasteiger partial charge in [0.1, 0.15) is 30.0 Å². The van der Waals surface area contributed by atoms with Crippen LogP contribution in [0.3, 0.4) is 0 Å². The fourth-order valence-corrected chi connectivity index (χ4v) is 2.60. The van der Waals surface area contributed by atoms with Crippen molar-refractivity contribution in [3.8, 4) is 11.5 Å². The second-order valence-corrected chi connectivity index (χ2v) is 6.28. The molecule has 0 aliphatic carbocycles. The van der Waals surface area contributed by atoms with Crippen LogP contribution in [0.25, 0.3) is 0 Å². The molecule has 0 aliphatic heterocycles. The van der Waals surface area contributed by atoms with Crippen LogP contribution in [0.15, 0.2) is 53.5 Å². The smallest absolute Gasteiger partial charge is 0.194 e. The standard InChI is InChI=1S/C21H28FN3O3/c1-4-23-21(25(2)14-16-7-5-6-8-20(16)27-3)24-13-18(26)15-28-19-11-9-17(22)10-12-19/h5-12,18,26H,4,13-15H2,1-3H3,(H,23,24). The van der Waals surface area contributed by atoms with Gasteiger partial charge in [0, 0.05) is 25.7 Å². The first-order chi connectivity index (χ1) is 13.5. The molecule has 0 aromatic heterocycles. The van der Waals surface area contributed by atoms with Crippen LogP contribution in [0, 0.1) is 5.82 Å². The topological polar surface area (TPSA) is 66.3 Å². The van der Waals surface area contributed by atoms with Gasteiger partial charge in [0.2, 0.25) is 0 Å². The monoisotopic (exact) mass is 389 g/mol. The van der Waals surface area contributed by atoms with Crippen molar-refractivity contribution in [1.29, 1.82) is 0 Å². The first kappa shape index (κ1) is 21.5. The zero-order valence-corrected chi connectivity index (χ0v) is 16.6. The van der Waals surface area contributed by atoms with Crippen molar-refractivity contribution in [3.63, 3.8) is 0 Å². The summed E-state index contributed by atoms with van der Waals surface area (Å²) in [6.07, 6.45) is -0.779. The highest BCUT2D eigenvalue weighted by Gasteiger charge is 2.11. The molecule has 0 saturated carbocycles. The van der Waals surface area contributed by atoms with Crippen LogP contribution in [-0.2, 0) is 6.54 Å². The minimum Gasteiger partial charge on any atom is -0.496 e. The Kier molecular flexibility index (Phi) is 8.55. The lowest BCUT2D eigenvalue weighted by molar-refractivity contribution is 0.114. The second kappa shape index (κ2) is 11.1. The molecule has 2 aromatic carbocycles. The number of aliphatic hydroxyl groups is 1. The molecule has 7 heteroatoms. The van der Waals surface area contributed by atoms with E-state index in [1.165, 1.54) is 24.3 Å². The molecule has 0 heterocycles. The summed E-state index contributed by atoms with van der Waals surface area (Å²) in [5, 5.41) is 13.4. The average molecular weight is 389 g/mol. The third-order valence-electron chi connectivity index (χ3n) is 4.00. The summed E-state index contributed by atoms with van der Waals surface area (Å²) in [6.45, 7) is 3.56. The van der Waals surface area contributed by atoms with E-state index in [0.717, 1.165) is 11.3 Å². The van der Waals surface area contributed by atoms with Crippen LogP contribution < -0.4 is 14.8 Å². The van der Waals surface area contributed by atoms with Gasteiger partial charge in [0.05, 0.1) is 13.7 Å².